The van der Waals surface area contributed by atoms with Crippen molar-refractivity contribution < 1.29 is 13.6 Å². The van der Waals surface area contributed by atoms with Crippen LogP contribution in [0.5, 0.6) is 0 Å². The molecule has 2 N–H and O–H groups in total. The molecule has 0 atom stereocenters. The van der Waals surface area contributed by atoms with E-state index in [-0.39, 0.29) is 12.1 Å². The van der Waals surface area contributed by atoms with Crippen LogP contribution in [0.3, 0.4) is 0 Å². The summed E-state index contributed by atoms with van der Waals surface area (Å²) >= 11 is 1.58. The van der Waals surface area contributed by atoms with E-state index in [0.29, 0.717) is 29.3 Å². The molecule has 0 unspecified atom stereocenters. The molecule has 0 aliphatic heterocycles. The molecule has 3 rings (SSSR count). The van der Waals surface area contributed by atoms with Crippen LogP contribution < -0.4 is 10.6 Å². The zero-order valence-corrected chi connectivity index (χ0v) is 18.6. The van der Waals surface area contributed by atoms with Crippen molar-refractivity contribution in [1.29, 1.82) is 0 Å². The lowest BCUT2D eigenvalue weighted by Gasteiger charge is -2.11. The minimum absolute atomic E-state index is 0.201. The minimum Gasteiger partial charge on any atom is -0.369 e. The molecule has 0 radical (unpaired) electrons. The van der Waals surface area contributed by atoms with Crippen molar-refractivity contribution in [1.82, 2.24) is 25.1 Å². The van der Waals surface area contributed by atoms with E-state index in [1.54, 1.807) is 22.6 Å². The number of rotatable bonds is 10. The summed E-state index contributed by atoms with van der Waals surface area (Å²) in [6, 6.07) is 2.87. The Morgan fingerprint density at radius 2 is 2.06 bits per heavy atom. The summed E-state index contributed by atoms with van der Waals surface area (Å²) in [4.78, 5) is 21.5. The highest BCUT2D eigenvalue weighted by atomic mass is 32.2. The lowest BCUT2D eigenvalue weighted by Crippen LogP contribution is -2.28. The van der Waals surface area contributed by atoms with Crippen LogP contribution in [0.25, 0.3) is 11.0 Å². The number of thioether (sulfide) groups is 1. The number of fused-ring (bicyclic) bond motifs is 1. The molecule has 0 spiro atoms. The Kier molecular flexibility index (Phi) is 7.78. The Morgan fingerprint density at radius 3 is 2.77 bits per heavy atom. The molecular weight excluding hydrogens is 422 g/mol. The van der Waals surface area contributed by atoms with Gasteiger partial charge < -0.3 is 10.6 Å². The molecule has 31 heavy (non-hydrogen) atoms. The third-order valence-electron chi connectivity index (χ3n) is 4.37. The largest absolute Gasteiger partial charge is 0.369 e. The fourth-order valence-corrected chi connectivity index (χ4v) is 3.53. The summed E-state index contributed by atoms with van der Waals surface area (Å²) in [5, 5.41) is 11.9. The van der Waals surface area contributed by atoms with E-state index in [4.69, 9.17) is 0 Å². The number of benzene rings is 1. The van der Waals surface area contributed by atoms with Gasteiger partial charge in [-0.1, -0.05) is 32.5 Å². The number of nitrogens with one attached hydrogen (secondary N) is 2. The quantitative estimate of drug-likeness (QED) is 0.359. The second-order valence-corrected chi connectivity index (χ2v) is 8.53. The standard InChI is InChI=1S/C21H26F2N6OS/c1-4-9-31-21-27-18(25-11-13(2)3)16-12-26-29(19(16)28-21)8-7-24-20(30)15-6-5-14(22)10-17(15)23/h5-6,10,12-13H,4,7-9,11H2,1-3H3,(H,24,30)(H,25,27,28). The molecular formula is C21H26F2N6OS. The zero-order valence-electron chi connectivity index (χ0n) is 17.8. The molecule has 0 bridgehead atoms. The lowest BCUT2D eigenvalue weighted by atomic mass is 10.2. The van der Waals surface area contributed by atoms with E-state index in [1.165, 1.54) is 0 Å². The van der Waals surface area contributed by atoms with E-state index >= 15 is 0 Å². The number of amides is 1. The van der Waals surface area contributed by atoms with Crippen LogP contribution in [0.1, 0.15) is 37.6 Å². The van der Waals surface area contributed by atoms with E-state index in [9.17, 15) is 13.6 Å². The van der Waals surface area contributed by atoms with Crippen molar-refractivity contribution >= 4 is 34.5 Å². The number of nitrogens with zero attached hydrogens (tertiary/aromatic N) is 4. The second kappa shape index (κ2) is 10.5. The molecule has 1 aromatic carbocycles. The van der Waals surface area contributed by atoms with Gasteiger partial charge in [-0.2, -0.15) is 5.10 Å². The summed E-state index contributed by atoms with van der Waals surface area (Å²) < 4.78 is 28.5. The highest BCUT2D eigenvalue weighted by Crippen LogP contribution is 2.25. The molecule has 1 amide bonds. The Bertz CT molecular complexity index is 1060. The molecule has 166 valence electrons. The molecule has 3 aromatic rings. The number of anilines is 1. The van der Waals surface area contributed by atoms with Gasteiger partial charge in [0.05, 0.1) is 23.7 Å². The van der Waals surface area contributed by atoms with Gasteiger partial charge in [-0.25, -0.2) is 23.4 Å². The molecule has 0 aliphatic rings. The highest BCUT2D eigenvalue weighted by Gasteiger charge is 2.15. The second-order valence-electron chi connectivity index (χ2n) is 7.46. The minimum atomic E-state index is -0.895. The van der Waals surface area contributed by atoms with Gasteiger partial charge in [0.25, 0.3) is 5.91 Å². The smallest absolute Gasteiger partial charge is 0.254 e. The van der Waals surface area contributed by atoms with Crippen LogP contribution in [0.15, 0.2) is 29.6 Å². The Morgan fingerprint density at radius 1 is 1.26 bits per heavy atom. The third kappa shape index (κ3) is 5.90. The molecule has 0 saturated carbocycles. The third-order valence-corrected chi connectivity index (χ3v) is 5.43. The molecule has 2 aromatic heterocycles. The summed E-state index contributed by atoms with van der Waals surface area (Å²) in [6.45, 7) is 7.66. The van der Waals surface area contributed by atoms with Gasteiger partial charge in [0.15, 0.2) is 10.8 Å². The van der Waals surface area contributed by atoms with Gasteiger partial charge in [0.2, 0.25) is 0 Å². The number of carbonyl (C=O) groups is 1. The van der Waals surface area contributed by atoms with E-state index in [0.717, 1.165) is 42.1 Å². The average molecular weight is 449 g/mol. The van der Waals surface area contributed by atoms with Crippen LogP contribution in [0, 0.1) is 17.6 Å². The summed E-state index contributed by atoms with van der Waals surface area (Å²) in [5.41, 5.74) is 0.467. The van der Waals surface area contributed by atoms with Crippen molar-refractivity contribution in [3.8, 4) is 0 Å². The molecule has 0 aliphatic carbocycles. The van der Waals surface area contributed by atoms with E-state index in [1.807, 2.05) is 0 Å². The average Bonchev–Trinajstić information content (AvgIpc) is 3.13. The van der Waals surface area contributed by atoms with Gasteiger partial charge in [-0.3, -0.25) is 4.79 Å². The zero-order chi connectivity index (χ0) is 22.4. The molecule has 0 fully saturated rings. The van der Waals surface area contributed by atoms with Gasteiger partial charge >= 0.3 is 0 Å². The lowest BCUT2D eigenvalue weighted by molar-refractivity contribution is 0.0948. The van der Waals surface area contributed by atoms with E-state index < -0.39 is 17.5 Å². The number of halogens is 2. The van der Waals surface area contributed by atoms with E-state index in [2.05, 4.69) is 46.5 Å². The first kappa shape index (κ1) is 22.9. The summed E-state index contributed by atoms with van der Waals surface area (Å²) in [6.07, 6.45) is 2.71. The predicted molar refractivity (Wildman–Crippen MR) is 118 cm³/mol. The van der Waals surface area contributed by atoms with Crippen molar-refractivity contribution in [2.75, 3.05) is 24.2 Å². The SMILES string of the molecule is CCCSc1nc(NCC(C)C)c2cnn(CCNC(=O)c3ccc(F)cc3F)c2n1. The van der Waals surface area contributed by atoms with Crippen molar-refractivity contribution in [3.05, 3.63) is 41.6 Å². The maximum Gasteiger partial charge on any atom is 0.254 e. The molecule has 10 heteroatoms. The normalized spacial score (nSPS) is 11.3. The summed E-state index contributed by atoms with van der Waals surface area (Å²) in [7, 11) is 0. The van der Waals surface area contributed by atoms with Crippen LogP contribution in [0.4, 0.5) is 14.6 Å². The Labute approximate surface area is 184 Å². The van der Waals surface area contributed by atoms with Crippen LogP contribution in [-0.2, 0) is 6.54 Å². The fourth-order valence-electron chi connectivity index (χ4n) is 2.84. The summed E-state index contributed by atoms with van der Waals surface area (Å²) in [5.74, 6) is -0.136. The first-order valence-electron chi connectivity index (χ1n) is 10.2. The predicted octanol–water partition coefficient (Wildman–Crippen LogP) is 4.10. The molecule has 2 heterocycles. The first-order chi connectivity index (χ1) is 14.9. The maximum absolute atomic E-state index is 13.8. The van der Waals surface area contributed by atoms with Gasteiger partial charge in [-0.05, 0) is 24.5 Å². The van der Waals surface area contributed by atoms with Crippen molar-refractivity contribution in [3.63, 3.8) is 0 Å². The fraction of sp³-hybridized carbons (Fsp3) is 0.429. The van der Waals surface area contributed by atoms with Gasteiger partial charge in [0.1, 0.15) is 17.5 Å². The number of hydrogen-bond acceptors (Lipinski definition) is 6. The molecule has 0 saturated heterocycles. The number of hydrogen-bond donors (Lipinski definition) is 2. The van der Waals surface area contributed by atoms with Crippen molar-refractivity contribution in [2.24, 2.45) is 5.92 Å². The van der Waals surface area contributed by atoms with Crippen LogP contribution in [0.2, 0.25) is 0 Å². The van der Waals surface area contributed by atoms with Gasteiger partial charge in [0, 0.05) is 24.9 Å². The topological polar surface area (TPSA) is 84.7 Å². The Balaban J connectivity index is 1.75. The maximum atomic E-state index is 13.8. The van der Waals surface area contributed by atoms with Crippen molar-refractivity contribution in [2.45, 2.75) is 38.9 Å². The monoisotopic (exact) mass is 448 g/mol. The first-order valence-corrected chi connectivity index (χ1v) is 11.2. The molecule has 7 nitrogen and oxygen atoms in total. The van der Waals surface area contributed by atoms with Crippen LogP contribution in [-0.4, -0.2) is 44.5 Å². The number of carbonyl (C=O) groups excluding carboxylic acids is 1. The Hall–Kier alpha value is -2.75. The van der Waals surface area contributed by atoms with Crippen LogP contribution >= 0.6 is 11.8 Å². The number of aromatic nitrogens is 4. The highest BCUT2D eigenvalue weighted by molar-refractivity contribution is 7.99. The van der Waals surface area contributed by atoms with Gasteiger partial charge in [-0.15, -0.1) is 0 Å².